The van der Waals surface area contributed by atoms with E-state index in [4.69, 9.17) is 5.11 Å². The highest BCUT2D eigenvalue weighted by Crippen LogP contribution is 2.34. The number of carboxylic acid groups (broad SMARTS) is 1. The van der Waals surface area contributed by atoms with E-state index in [9.17, 15) is 9.59 Å². The highest BCUT2D eigenvalue weighted by atomic mass is 16.4. The van der Waals surface area contributed by atoms with Crippen molar-refractivity contribution >= 4 is 11.9 Å². The fourth-order valence-corrected chi connectivity index (χ4v) is 2.15. The second kappa shape index (κ2) is 4.68. The summed E-state index contributed by atoms with van der Waals surface area (Å²) in [5, 5.41) is 11.7. The Morgan fingerprint density at radius 2 is 1.94 bits per heavy atom. The molecule has 1 unspecified atom stereocenters. The zero-order valence-corrected chi connectivity index (χ0v) is 9.19. The average molecular weight is 223 g/mol. The number of aliphatic carboxylic acids is 1. The minimum atomic E-state index is -0.832. The summed E-state index contributed by atoms with van der Waals surface area (Å²) >= 11 is 0. The van der Waals surface area contributed by atoms with Gasteiger partial charge in [0.05, 0.1) is 6.42 Å². The molecule has 0 radical (unpaired) electrons. The molecule has 0 spiro atoms. The number of nitrogens with one attached hydrogen (secondary N) is 1. The van der Waals surface area contributed by atoms with Crippen LogP contribution in [-0.2, 0) is 9.59 Å². The third-order valence-electron chi connectivity index (χ3n) is 3.29. The van der Waals surface area contributed by atoms with Gasteiger partial charge in [0, 0.05) is 12.0 Å². The van der Waals surface area contributed by atoms with Crippen molar-refractivity contribution in [2.24, 2.45) is 11.8 Å². The number of carbonyl (C=O) groups is 2. The minimum Gasteiger partial charge on any atom is -0.481 e. The van der Waals surface area contributed by atoms with E-state index in [0.29, 0.717) is 5.92 Å². The van der Waals surface area contributed by atoms with Crippen molar-refractivity contribution < 1.29 is 14.7 Å². The quantitative estimate of drug-likeness (QED) is 0.691. The number of hydrogen-bond donors (Lipinski definition) is 2. The van der Waals surface area contributed by atoms with Crippen LogP contribution in [0, 0.1) is 11.8 Å². The van der Waals surface area contributed by atoms with Crippen LogP contribution >= 0.6 is 0 Å². The fourth-order valence-electron chi connectivity index (χ4n) is 2.15. The monoisotopic (exact) mass is 223 g/mol. The lowest BCUT2D eigenvalue weighted by Crippen LogP contribution is -2.40. The highest BCUT2D eigenvalue weighted by molar-refractivity contribution is 5.80. The van der Waals surface area contributed by atoms with Crippen molar-refractivity contribution in [3.8, 4) is 0 Å². The largest absolute Gasteiger partial charge is 0.481 e. The van der Waals surface area contributed by atoms with Gasteiger partial charge in [-0.15, -0.1) is 0 Å². The lowest BCUT2D eigenvalue weighted by Gasteiger charge is -2.18. The summed E-state index contributed by atoms with van der Waals surface area (Å²) in [6.45, 7) is 0. The third-order valence-corrected chi connectivity index (χ3v) is 3.29. The van der Waals surface area contributed by atoms with E-state index >= 15 is 0 Å². The van der Waals surface area contributed by atoms with Gasteiger partial charge in [0.1, 0.15) is 0 Å². The SMILES string of the molecule is O=C(O)CC(NC(=O)C1CC=CC1)C1CC1. The Kier molecular flexibility index (Phi) is 3.27. The van der Waals surface area contributed by atoms with Gasteiger partial charge in [-0.2, -0.15) is 0 Å². The van der Waals surface area contributed by atoms with Gasteiger partial charge in [0.2, 0.25) is 5.91 Å². The lowest BCUT2D eigenvalue weighted by atomic mass is 10.0. The number of carboxylic acids is 1. The van der Waals surface area contributed by atoms with Gasteiger partial charge in [0.25, 0.3) is 0 Å². The molecule has 16 heavy (non-hydrogen) atoms. The van der Waals surface area contributed by atoms with Gasteiger partial charge < -0.3 is 10.4 Å². The van der Waals surface area contributed by atoms with E-state index < -0.39 is 5.97 Å². The molecule has 4 nitrogen and oxygen atoms in total. The predicted molar refractivity (Wildman–Crippen MR) is 58.8 cm³/mol. The summed E-state index contributed by atoms with van der Waals surface area (Å²) in [6, 6.07) is -0.161. The molecular formula is C12H17NO3. The maximum absolute atomic E-state index is 11.8. The molecular weight excluding hydrogens is 206 g/mol. The number of carbonyl (C=O) groups excluding carboxylic acids is 1. The number of rotatable bonds is 5. The molecule has 4 heteroatoms. The zero-order chi connectivity index (χ0) is 11.5. The number of allylic oxidation sites excluding steroid dienone is 2. The van der Waals surface area contributed by atoms with Crippen LogP contribution in [0.5, 0.6) is 0 Å². The Morgan fingerprint density at radius 1 is 1.31 bits per heavy atom. The molecule has 0 bridgehead atoms. The Morgan fingerprint density at radius 3 is 2.44 bits per heavy atom. The van der Waals surface area contributed by atoms with Crippen molar-refractivity contribution in [3.63, 3.8) is 0 Å². The van der Waals surface area contributed by atoms with Crippen LogP contribution in [0.15, 0.2) is 12.2 Å². The highest BCUT2D eigenvalue weighted by Gasteiger charge is 2.34. The Balaban J connectivity index is 1.84. The summed E-state index contributed by atoms with van der Waals surface area (Å²) < 4.78 is 0. The van der Waals surface area contributed by atoms with Crippen molar-refractivity contribution in [2.75, 3.05) is 0 Å². The molecule has 2 rings (SSSR count). The van der Waals surface area contributed by atoms with Crippen LogP contribution in [0.4, 0.5) is 0 Å². The van der Waals surface area contributed by atoms with Crippen LogP contribution in [0.25, 0.3) is 0 Å². The fraction of sp³-hybridized carbons (Fsp3) is 0.667. The first kappa shape index (κ1) is 11.2. The first-order valence-corrected chi connectivity index (χ1v) is 5.84. The van der Waals surface area contributed by atoms with Crippen LogP contribution in [-0.4, -0.2) is 23.0 Å². The van der Waals surface area contributed by atoms with E-state index in [2.05, 4.69) is 5.32 Å². The molecule has 1 saturated carbocycles. The van der Waals surface area contributed by atoms with Gasteiger partial charge >= 0.3 is 5.97 Å². The summed E-state index contributed by atoms with van der Waals surface area (Å²) in [4.78, 5) is 22.5. The number of amides is 1. The van der Waals surface area contributed by atoms with Crippen molar-refractivity contribution in [1.29, 1.82) is 0 Å². The smallest absolute Gasteiger partial charge is 0.305 e. The first-order valence-electron chi connectivity index (χ1n) is 5.84. The molecule has 0 aromatic carbocycles. The summed E-state index contributed by atoms with van der Waals surface area (Å²) in [5.41, 5.74) is 0. The Bertz CT molecular complexity index is 312. The molecule has 0 heterocycles. The van der Waals surface area contributed by atoms with E-state index in [0.717, 1.165) is 25.7 Å². The summed E-state index contributed by atoms with van der Waals surface area (Å²) in [7, 11) is 0. The summed E-state index contributed by atoms with van der Waals surface area (Å²) in [6.07, 6.45) is 7.73. The zero-order valence-electron chi connectivity index (χ0n) is 9.19. The van der Waals surface area contributed by atoms with Crippen LogP contribution < -0.4 is 5.32 Å². The van der Waals surface area contributed by atoms with Gasteiger partial charge in [-0.3, -0.25) is 9.59 Å². The third kappa shape index (κ3) is 2.84. The van der Waals surface area contributed by atoms with E-state index in [1.807, 2.05) is 12.2 Å². The molecule has 0 aliphatic heterocycles. The normalized spacial score (nSPS) is 22.0. The van der Waals surface area contributed by atoms with Crippen molar-refractivity contribution in [3.05, 3.63) is 12.2 Å². The molecule has 2 aliphatic rings. The van der Waals surface area contributed by atoms with E-state index in [-0.39, 0.29) is 24.3 Å². The molecule has 1 amide bonds. The van der Waals surface area contributed by atoms with Crippen molar-refractivity contribution in [2.45, 2.75) is 38.1 Å². The van der Waals surface area contributed by atoms with Crippen molar-refractivity contribution in [1.82, 2.24) is 5.32 Å². The average Bonchev–Trinajstić information content (AvgIpc) is 2.91. The maximum atomic E-state index is 11.8. The Labute approximate surface area is 94.7 Å². The molecule has 1 fully saturated rings. The minimum absolute atomic E-state index is 0.0168. The first-order chi connectivity index (χ1) is 7.66. The van der Waals surface area contributed by atoms with Crippen LogP contribution in [0.2, 0.25) is 0 Å². The van der Waals surface area contributed by atoms with Crippen LogP contribution in [0.3, 0.4) is 0 Å². The molecule has 0 saturated heterocycles. The molecule has 2 aliphatic carbocycles. The van der Waals surface area contributed by atoms with Gasteiger partial charge in [-0.25, -0.2) is 0 Å². The predicted octanol–water partition coefficient (Wildman–Crippen LogP) is 1.32. The second-order valence-electron chi connectivity index (χ2n) is 4.69. The summed E-state index contributed by atoms with van der Waals surface area (Å²) in [5.74, 6) is -0.408. The maximum Gasteiger partial charge on any atom is 0.305 e. The number of hydrogen-bond acceptors (Lipinski definition) is 2. The van der Waals surface area contributed by atoms with Crippen LogP contribution in [0.1, 0.15) is 32.1 Å². The second-order valence-corrected chi connectivity index (χ2v) is 4.69. The molecule has 0 aromatic rings. The van der Waals surface area contributed by atoms with E-state index in [1.165, 1.54) is 0 Å². The van der Waals surface area contributed by atoms with Gasteiger partial charge in [0.15, 0.2) is 0 Å². The molecule has 1 atom stereocenters. The molecule has 0 aromatic heterocycles. The van der Waals surface area contributed by atoms with E-state index in [1.54, 1.807) is 0 Å². The van der Waals surface area contributed by atoms with Gasteiger partial charge in [-0.1, -0.05) is 12.2 Å². The standard InChI is InChI=1S/C12H17NO3/c14-11(15)7-10(8-5-6-8)13-12(16)9-3-1-2-4-9/h1-2,8-10H,3-7H2,(H,13,16)(H,14,15). The lowest BCUT2D eigenvalue weighted by molar-refractivity contribution is -0.138. The van der Waals surface area contributed by atoms with Gasteiger partial charge in [-0.05, 0) is 31.6 Å². The molecule has 2 N–H and O–H groups in total. The topological polar surface area (TPSA) is 66.4 Å². The Hall–Kier alpha value is -1.32. The molecule has 88 valence electrons.